The first-order valence-corrected chi connectivity index (χ1v) is 29.9. The van der Waals surface area contributed by atoms with E-state index in [1.807, 2.05) is 0 Å². The Bertz CT molecular complexity index is 1040. The van der Waals surface area contributed by atoms with Gasteiger partial charge in [-0.2, -0.15) is 0 Å². The van der Waals surface area contributed by atoms with Gasteiger partial charge in [-0.25, -0.2) is 0 Å². The monoisotopic (exact) mass is 1120 g/mol. The van der Waals surface area contributed by atoms with E-state index in [1.165, 1.54) is 172 Å². The second-order valence-corrected chi connectivity index (χ2v) is 22.6. The molecule has 0 bridgehead atoms. The van der Waals surface area contributed by atoms with E-state index in [4.69, 9.17) is 0 Å². The smallest absolute Gasteiger partial charge is 0.222 e. The van der Waals surface area contributed by atoms with Crippen molar-refractivity contribution < 1.29 is 9.59 Å². The highest BCUT2D eigenvalue weighted by Crippen LogP contribution is 2.30. The number of nitrogens with zero attached hydrogens (tertiary/aromatic N) is 2. The van der Waals surface area contributed by atoms with E-state index in [1.54, 1.807) is 0 Å². The molecule has 0 N–H and O–H groups in total. The van der Waals surface area contributed by atoms with E-state index in [2.05, 4.69) is 115 Å². The molecule has 8 heteroatoms. The number of hydrogen-bond acceptors (Lipinski definition) is 2. The maximum atomic E-state index is 13.9. The number of rotatable bonds is 45. The zero-order valence-corrected chi connectivity index (χ0v) is 48.0. The Morgan fingerprint density at radius 1 is 0.323 bits per heavy atom. The molecule has 0 fully saturated rings. The van der Waals surface area contributed by atoms with Gasteiger partial charge >= 0.3 is 0 Å². The molecule has 2 unspecified atom stereocenters. The van der Waals surface area contributed by atoms with Crippen LogP contribution in [0.2, 0.25) is 0 Å². The molecule has 0 aliphatic carbocycles. The van der Waals surface area contributed by atoms with Gasteiger partial charge in [0, 0.05) is 55.9 Å². The van der Waals surface area contributed by atoms with Gasteiger partial charge in [-0.15, -0.1) is 0 Å². The second kappa shape index (κ2) is 45.1. The van der Waals surface area contributed by atoms with Crippen molar-refractivity contribution in [3.8, 4) is 0 Å². The highest BCUT2D eigenvalue weighted by atomic mass is 79.9. The number of amides is 2. The van der Waals surface area contributed by atoms with Crippen LogP contribution in [0.25, 0.3) is 0 Å². The number of carbonyl (C=O) groups is 2. The molecule has 2 amide bonds. The fraction of sp³-hybridized carbons (Fsp3) is 0.889. The molecule has 4 nitrogen and oxygen atoms in total. The van der Waals surface area contributed by atoms with Crippen molar-refractivity contribution in [2.24, 2.45) is 0 Å². The lowest BCUT2D eigenvalue weighted by atomic mass is 10.0. The summed E-state index contributed by atoms with van der Waals surface area (Å²) >= 11 is 15.4. The van der Waals surface area contributed by atoms with Gasteiger partial charge in [-0.1, -0.05) is 246 Å². The van der Waals surface area contributed by atoms with Crippen LogP contribution in [0.4, 0.5) is 0 Å². The first-order chi connectivity index (χ1) is 30.0. The molecule has 366 valence electrons. The second-order valence-electron chi connectivity index (χ2n) is 18.8. The summed E-state index contributed by atoms with van der Waals surface area (Å²) in [6.45, 7) is 14.9. The summed E-state index contributed by atoms with van der Waals surface area (Å²) in [6, 6.07) is 0.419. The van der Waals surface area contributed by atoms with E-state index in [0.29, 0.717) is 25.9 Å². The molecule has 0 aromatic rings. The third-order valence-corrected chi connectivity index (χ3v) is 17.5. The van der Waals surface area contributed by atoms with Gasteiger partial charge in [-0.3, -0.25) is 9.59 Å². The molecule has 0 rings (SSSR count). The predicted octanol–water partition coefficient (Wildman–Crippen LogP) is 20.3. The maximum Gasteiger partial charge on any atom is 0.222 e. The number of carbonyl (C=O) groups excluding carboxylic acids is 2. The van der Waals surface area contributed by atoms with Crippen LogP contribution in [0.15, 0.2) is 17.9 Å². The first kappa shape index (κ1) is 62.3. The minimum atomic E-state index is 0.209. The topological polar surface area (TPSA) is 40.6 Å². The minimum Gasteiger partial charge on any atom is -0.338 e. The molecular formula is C54H100Br4N2O2. The molecular weight excluding hydrogens is 1030 g/mol. The van der Waals surface area contributed by atoms with E-state index < -0.39 is 0 Å². The summed E-state index contributed by atoms with van der Waals surface area (Å²) in [5.41, 5.74) is 0. The van der Waals surface area contributed by atoms with Crippen LogP contribution in [0.5, 0.6) is 0 Å². The molecule has 0 saturated carbocycles. The van der Waals surface area contributed by atoms with Crippen molar-refractivity contribution in [1.82, 2.24) is 9.80 Å². The average Bonchev–Trinajstić information content (AvgIpc) is 3.26. The van der Waals surface area contributed by atoms with Crippen LogP contribution in [-0.2, 0) is 9.59 Å². The SMILES string of the molecule is CCCCCCCC/C(Br)=C(\Br)CCCCCCCC(=O)N(CCN(C(=O)CCCCCCC/C(Br)=C(\Br)CCCCCCCC)C(C)CCCCCC)C(C)CCCCCC. The lowest BCUT2D eigenvalue weighted by Gasteiger charge is -2.35. The molecule has 0 radical (unpaired) electrons. The van der Waals surface area contributed by atoms with E-state index in [9.17, 15) is 9.59 Å². The molecule has 0 aliphatic heterocycles. The van der Waals surface area contributed by atoms with Crippen LogP contribution in [0.1, 0.15) is 286 Å². The normalized spacial score (nSPS) is 13.5. The molecule has 0 spiro atoms. The maximum absolute atomic E-state index is 13.9. The van der Waals surface area contributed by atoms with Gasteiger partial charge in [0.1, 0.15) is 0 Å². The summed E-state index contributed by atoms with van der Waals surface area (Å²) in [7, 11) is 0. The van der Waals surface area contributed by atoms with Gasteiger partial charge < -0.3 is 9.80 Å². The highest BCUT2D eigenvalue weighted by molar-refractivity contribution is 9.14. The Morgan fingerprint density at radius 3 is 0.790 bits per heavy atom. The van der Waals surface area contributed by atoms with Gasteiger partial charge in [0.25, 0.3) is 0 Å². The quantitative estimate of drug-likeness (QED) is 0.0570. The average molecular weight is 1130 g/mol. The minimum absolute atomic E-state index is 0.209. The number of unbranched alkanes of at least 4 members (excludes halogenated alkanes) is 24. The Kier molecular flexibility index (Phi) is 45.4. The van der Waals surface area contributed by atoms with Gasteiger partial charge in [0.05, 0.1) is 0 Å². The van der Waals surface area contributed by atoms with Gasteiger partial charge in [-0.05, 0) is 90.9 Å². The van der Waals surface area contributed by atoms with Crippen molar-refractivity contribution in [2.75, 3.05) is 13.1 Å². The highest BCUT2D eigenvalue weighted by Gasteiger charge is 2.24. The molecule has 0 aromatic carbocycles. The lowest BCUT2D eigenvalue weighted by Crippen LogP contribution is -2.47. The summed E-state index contributed by atoms with van der Waals surface area (Å²) in [4.78, 5) is 32.2. The molecule has 0 aromatic heterocycles. The van der Waals surface area contributed by atoms with E-state index in [-0.39, 0.29) is 23.9 Å². The molecule has 0 saturated heterocycles. The standard InChI is InChI=1S/C54H100Br4N2O2/c1-7-11-15-19-23-31-39-49(55)51(57)41-33-25-21-27-35-43-53(61)59(47(5)37-29-17-13-9-3)45-46-60(48(6)38-30-18-14-10-4)54(62)44-36-28-22-26-34-42-52(58)50(56)40-32-24-20-16-12-8-2/h47-48H,7-46H2,1-6H3/b51-49+,52-50+. The zero-order chi connectivity index (χ0) is 46.1. The fourth-order valence-electron chi connectivity index (χ4n) is 8.57. The van der Waals surface area contributed by atoms with Crippen LogP contribution in [-0.4, -0.2) is 46.8 Å². The first-order valence-electron chi connectivity index (χ1n) is 26.7. The lowest BCUT2D eigenvalue weighted by molar-refractivity contribution is -0.138. The number of halogens is 4. The summed E-state index contributed by atoms with van der Waals surface area (Å²) in [6.07, 6.45) is 44.8. The third kappa shape index (κ3) is 35.5. The Balaban J connectivity index is 5.12. The van der Waals surface area contributed by atoms with Gasteiger partial charge in [0.2, 0.25) is 11.8 Å². The summed E-state index contributed by atoms with van der Waals surface area (Å²) < 4.78 is 5.36. The number of hydrogen-bond donors (Lipinski definition) is 0. The van der Waals surface area contributed by atoms with Crippen LogP contribution in [0.3, 0.4) is 0 Å². The van der Waals surface area contributed by atoms with E-state index in [0.717, 1.165) is 77.0 Å². The largest absolute Gasteiger partial charge is 0.338 e. The van der Waals surface area contributed by atoms with Crippen molar-refractivity contribution in [3.05, 3.63) is 17.9 Å². The molecule has 0 aliphatic rings. The Hall–Kier alpha value is 0.340. The number of allylic oxidation sites excluding steroid dienone is 4. The van der Waals surface area contributed by atoms with Crippen molar-refractivity contribution in [2.45, 2.75) is 298 Å². The zero-order valence-electron chi connectivity index (χ0n) is 41.7. The Labute approximate surface area is 420 Å². The third-order valence-electron chi connectivity index (χ3n) is 12.9. The summed E-state index contributed by atoms with van der Waals surface area (Å²) in [5.74, 6) is 0.576. The van der Waals surface area contributed by atoms with E-state index >= 15 is 0 Å². The van der Waals surface area contributed by atoms with Crippen molar-refractivity contribution in [3.63, 3.8) is 0 Å². The van der Waals surface area contributed by atoms with Crippen LogP contribution in [0, 0.1) is 0 Å². The molecule has 0 heterocycles. The van der Waals surface area contributed by atoms with Crippen LogP contribution < -0.4 is 0 Å². The van der Waals surface area contributed by atoms with Crippen molar-refractivity contribution >= 4 is 75.5 Å². The van der Waals surface area contributed by atoms with Crippen LogP contribution >= 0.6 is 63.7 Å². The van der Waals surface area contributed by atoms with Crippen molar-refractivity contribution in [1.29, 1.82) is 0 Å². The fourth-order valence-corrected chi connectivity index (χ4v) is 10.5. The Morgan fingerprint density at radius 2 is 0.532 bits per heavy atom. The molecule has 62 heavy (non-hydrogen) atoms. The molecule has 2 atom stereocenters. The summed E-state index contributed by atoms with van der Waals surface area (Å²) in [5, 5.41) is 0. The van der Waals surface area contributed by atoms with Gasteiger partial charge in [0.15, 0.2) is 0 Å². The predicted molar refractivity (Wildman–Crippen MR) is 290 cm³/mol.